The normalized spacial score (nSPS) is 50.5. The van der Waals surface area contributed by atoms with Gasteiger partial charge in [0.25, 0.3) is 0 Å². The van der Waals surface area contributed by atoms with E-state index in [1.165, 1.54) is 5.57 Å². The largest absolute Gasteiger partial charge is 0.393 e. The van der Waals surface area contributed by atoms with Crippen molar-refractivity contribution in [2.24, 2.45) is 28.1 Å². The van der Waals surface area contributed by atoms with Crippen molar-refractivity contribution in [3.05, 3.63) is 24.3 Å². The Kier molecular flexibility index (Phi) is 3.66. The van der Waals surface area contributed by atoms with E-state index >= 15 is 0 Å². The summed E-state index contributed by atoms with van der Waals surface area (Å²) in [6.07, 6.45) is 8.67. The maximum atomic E-state index is 10.9. The van der Waals surface area contributed by atoms with E-state index in [0.29, 0.717) is 11.8 Å². The van der Waals surface area contributed by atoms with Gasteiger partial charge in [-0.05, 0) is 60.2 Å². The molecule has 3 rings (SSSR count). The summed E-state index contributed by atoms with van der Waals surface area (Å²) in [7, 11) is 0. The molecular weight excluding hydrogens is 272 g/mol. The third-order valence-electron chi connectivity index (χ3n) is 7.51. The van der Waals surface area contributed by atoms with E-state index in [0.717, 1.165) is 32.1 Å². The van der Waals surface area contributed by atoms with Crippen LogP contribution in [0.1, 0.15) is 59.8 Å². The molecule has 0 spiro atoms. The van der Waals surface area contributed by atoms with Crippen LogP contribution in [0.5, 0.6) is 0 Å². The minimum atomic E-state index is -0.296. The Morgan fingerprint density at radius 1 is 1.18 bits per heavy atom. The minimum absolute atomic E-state index is 0.0856. The van der Waals surface area contributed by atoms with Crippen molar-refractivity contribution < 1.29 is 10.2 Å². The molecule has 0 bridgehead atoms. The monoisotopic (exact) mass is 304 g/mol. The van der Waals surface area contributed by atoms with Crippen molar-refractivity contribution in [2.75, 3.05) is 0 Å². The summed E-state index contributed by atoms with van der Waals surface area (Å²) < 4.78 is 0. The quantitative estimate of drug-likeness (QED) is 0.717. The Morgan fingerprint density at radius 2 is 1.86 bits per heavy atom. The van der Waals surface area contributed by atoms with Crippen molar-refractivity contribution in [1.82, 2.24) is 0 Å². The predicted octanol–water partition coefficient (Wildman–Crippen LogP) is 4.08. The second-order valence-electron chi connectivity index (χ2n) is 9.17. The molecule has 3 aliphatic rings. The van der Waals surface area contributed by atoms with Crippen LogP contribution in [0, 0.1) is 28.1 Å². The summed E-state index contributed by atoms with van der Waals surface area (Å²) in [6.45, 7) is 13.0. The highest BCUT2D eigenvalue weighted by Gasteiger charge is 2.57. The molecule has 2 heteroatoms. The molecule has 0 unspecified atom stereocenters. The second kappa shape index (κ2) is 4.95. The number of fused-ring (bicyclic) bond motifs is 3. The average Bonchev–Trinajstić information content (AvgIpc) is 2.46. The number of hydrogen-bond acceptors (Lipinski definition) is 2. The maximum Gasteiger partial charge on any atom is 0.0631 e. The molecule has 0 aromatic heterocycles. The molecule has 0 radical (unpaired) electrons. The van der Waals surface area contributed by atoms with E-state index in [1.807, 2.05) is 0 Å². The van der Waals surface area contributed by atoms with E-state index in [-0.39, 0.29) is 28.5 Å². The highest BCUT2D eigenvalue weighted by atomic mass is 16.3. The molecule has 2 saturated carbocycles. The van der Waals surface area contributed by atoms with Gasteiger partial charge in [0.2, 0.25) is 0 Å². The summed E-state index contributed by atoms with van der Waals surface area (Å²) in [6, 6.07) is 0. The molecule has 0 saturated heterocycles. The van der Waals surface area contributed by atoms with Gasteiger partial charge in [-0.3, -0.25) is 0 Å². The lowest BCUT2D eigenvalue weighted by molar-refractivity contribution is -0.0946. The van der Waals surface area contributed by atoms with Gasteiger partial charge in [-0.25, -0.2) is 0 Å². The Morgan fingerprint density at radius 3 is 2.50 bits per heavy atom. The first-order valence-corrected chi connectivity index (χ1v) is 8.84. The second-order valence-corrected chi connectivity index (χ2v) is 9.17. The Bertz CT molecular complexity index is 506. The summed E-state index contributed by atoms with van der Waals surface area (Å²) in [5, 5.41) is 21.3. The number of hydrogen-bond donors (Lipinski definition) is 2. The molecule has 22 heavy (non-hydrogen) atoms. The minimum Gasteiger partial charge on any atom is -0.393 e. The predicted molar refractivity (Wildman–Crippen MR) is 90.4 cm³/mol. The summed E-state index contributed by atoms with van der Waals surface area (Å²) in [5.74, 6) is 0.624. The first-order valence-electron chi connectivity index (χ1n) is 8.84. The van der Waals surface area contributed by atoms with Gasteiger partial charge in [0.1, 0.15) is 0 Å². The van der Waals surface area contributed by atoms with Crippen molar-refractivity contribution in [3.63, 3.8) is 0 Å². The molecule has 0 amide bonds. The van der Waals surface area contributed by atoms with Crippen LogP contribution in [-0.4, -0.2) is 22.4 Å². The topological polar surface area (TPSA) is 40.5 Å². The molecule has 0 aliphatic heterocycles. The fourth-order valence-corrected chi connectivity index (χ4v) is 5.45. The molecule has 124 valence electrons. The number of aliphatic hydroxyl groups excluding tert-OH is 2. The zero-order valence-electron chi connectivity index (χ0n) is 14.6. The fourth-order valence-electron chi connectivity index (χ4n) is 5.45. The average molecular weight is 304 g/mol. The smallest absolute Gasteiger partial charge is 0.0631 e. The van der Waals surface area contributed by atoms with Gasteiger partial charge in [-0.2, -0.15) is 0 Å². The van der Waals surface area contributed by atoms with Gasteiger partial charge in [-0.15, -0.1) is 6.58 Å². The van der Waals surface area contributed by atoms with Gasteiger partial charge in [0.05, 0.1) is 12.2 Å². The fraction of sp³-hybridized carbons (Fsp3) is 0.800. The lowest BCUT2D eigenvalue weighted by atomic mass is 9.46. The van der Waals surface area contributed by atoms with Crippen LogP contribution in [0.4, 0.5) is 0 Å². The van der Waals surface area contributed by atoms with Gasteiger partial charge in [0.15, 0.2) is 0 Å². The Labute approximate surface area is 135 Å². The molecule has 2 nitrogen and oxygen atoms in total. The van der Waals surface area contributed by atoms with Gasteiger partial charge >= 0.3 is 0 Å². The highest BCUT2D eigenvalue weighted by Crippen LogP contribution is 2.63. The lowest BCUT2D eigenvalue weighted by Gasteiger charge is -2.60. The van der Waals surface area contributed by atoms with Crippen molar-refractivity contribution in [2.45, 2.75) is 72.0 Å². The van der Waals surface area contributed by atoms with Crippen molar-refractivity contribution in [1.29, 1.82) is 0 Å². The molecule has 0 aromatic carbocycles. The van der Waals surface area contributed by atoms with Gasteiger partial charge < -0.3 is 10.2 Å². The SMILES string of the molecule is C=C[C@@]1(C)CC[C@]2(C)C3=CC[C@@H](O)C(C)(C)[C@H]3C[C@@H](O)[C@H]2C1. The van der Waals surface area contributed by atoms with E-state index in [1.54, 1.807) is 0 Å². The summed E-state index contributed by atoms with van der Waals surface area (Å²) in [4.78, 5) is 0. The molecule has 0 aromatic rings. The first kappa shape index (κ1) is 16.3. The zero-order chi connectivity index (χ0) is 16.3. The lowest BCUT2D eigenvalue weighted by Crippen LogP contribution is -2.55. The van der Waals surface area contributed by atoms with Crippen molar-refractivity contribution in [3.8, 4) is 0 Å². The third kappa shape index (κ3) is 2.14. The van der Waals surface area contributed by atoms with Crippen LogP contribution in [0.2, 0.25) is 0 Å². The van der Waals surface area contributed by atoms with Crippen LogP contribution >= 0.6 is 0 Å². The first-order chi connectivity index (χ1) is 10.1. The number of allylic oxidation sites excluding steroid dienone is 2. The number of aliphatic hydroxyl groups is 2. The number of rotatable bonds is 1. The van der Waals surface area contributed by atoms with Gasteiger partial charge in [0, 0.05) is 0 Å². The zero-order valence-corrected chi connectivity index (χ0v) is 14.6. The van der Waals surface area contributed by atoms with Crippen LogP contribution in [-0.2, 0) is 0 Å². The Balaban J connectivity index is 2.01. The molecule has 6 atom stereocenters. The molecule has 2 N–H and O–H groups in total. The van der Waals surface area contributed by atoms with E-state index < -0.39 is 0 Å². The molecule has 3 aliphatic carbocycles. The van der Waals surface area contributed by atoms with Crippen LogP contribution in [0.15, 0.2) is 24.3 Å². The third-order valence-corrected chi connectivity index (χ3v) is 7.51. The molecular formula is C20H32O2. The Hall–Kier alpha value is -0.600. The van der Waals surface area contributed by atoms with Crippen molar-refractivity contribution >= 4 is 0 Å². The molecule has 0 heterocycles. The maximum absolute atomic E-state index is 10.9. The van der Waals surface area contributed by atoms with E-state index in [4.69, 9.17) is 0 Å². The van der Waals surface area contributed by atoms with E-state index in [9.17, 15) is 10.2 Å². The van der Waals surface area contributed by atoms with Crippen LogP contribution < -0.4 is 0 Å². The van der Waals surface area contributed by atoms with E-state index in [2.05, 4.69) is 46.4 Å². The van der Waals surface area contributed by atoms with Crippen LogP contribution in [0.25, 0.3) is 0 Å². The summed E-state index contributed by atoms with van der Waals surface area (Å²) >= 11 is 0. The van der Waals surface area contributed by atoms with Crippen LogP contribution in [0.3, 0.4) is 0 Å². The highest BCUT2D eigenvalue weighted by molar-refractivity contribution is 5.30. The summed E-state index contributed by atoms with van der Waals surface area (Å²) in [5.41, 5.74) is 1.62. The molecule has 2 fully saturated rings. The van der Waals surface area contributed by atoms with Gasteiger partial charge in [-0.1, -0.05) is 45.4 Å². The standard InChI is InChI=1S/C20H32O2/c1-6-19(4)9-10-20(5)13-7-8-17(22)18(2,3)14(13)11-16(21)15(20)12-19/h6-7,14-17,21-22H,1,8-12H2,2-5H3/t14-,15+,16+,17+,19-,20+/m0/s1.